The Bertz CT molecular complexity index is 748. The van der Waals surface area contributed by atoms with Gasteiger partial charge in [-0.1, -0.05) is 11.8 Å². The van der Waals surface area contributed by atoms with Gasteiger partial charge in [-0.15, -0.1) is 21.5 Å². The fourth-order valence-electron chi connectivity index (χ4n) is 1.80. The highest BCUT2D eigenvalue weighted by molar-refractivity contribution is 7.98. The summed E-state index contributed by atoms with van der Waals surface area (Å²) in [5.74, 6) is 3.25. The number of rotatable bonds is 4. The topological polar surface area (TPSA) is 68.5 Å². The van der Waals surface area contributed by atoms with Crippen LogP contribution in [0.2, 0.25) is 0 Å². The molecular formula is C12H14N6S2. The van der Waals surface area contributed by atoms with Crippen LogP contribution in [0.25, 0.3) is 10.2 Å². The van der Waals surface area contributed by atoms with E-state index in [1.54, 1.807) is 23.1 Å². The lowest BCUT2D eigenvalue weighted by Crippen LogP contribution is -2.00. The summed E-state index contributed by atoms with van der Waals surface area (Å²) in [6.07, 6.45) is 0. The second-order valence-electron chi connectivity index (χ2n) is 4.26. The van der Waals surface area contributed by atoms with Crippen molar-refractivity contribution >= 4 is 39.1 Å². The first-order valence-corrected chi connectivity index (χ1v) is 7.96. The molecule has 3 heterocycles. The van der Waals surface area contributed by atoms with Gasteiger partial charge < -0.3 is 9.88 Å². The van der Waals surface area contributed by atoms with Crippen molar-refractivity contribution < 1.29 is 0 Å². The molecule has 0 saturated heterocycles. The third-order valence-corrected chi connectivity index (χ3v) is 4.81. The fraction of sp³-hybridized carbons (Fsp3) is 0.333. The molecule has 0 bridgehead atoms. The molecule has 0 aliphatic carbocycles. The van der Waals surface area contributed by atoms with Crippen LogP contribution in [0.5, 0.6) is 0 Å². The molecule has 0 spiro atoms. The van der Waals surface area contributed by atoms with Gasteiger partial charge in [-0.3, -0.25) is 0 Å². The highest BCUT2D eigenvalue weighted by atomic mass is 32.2. The molecule has 0 aliphatic rings. The monoisotopic (exact) mass is 306 g/mol. The molecule has 0 aromatic carbocycles. The maximum Gasteiger partial charge on any atom is 0.191 e. The van der Waals surface area contributed by atoms with E-state index in [1.807, 2.05) is 37.0 Å². The summed E-state index contributed by atoms with van der Waals surface area (Å²) in [5.41, 5.74) is 0. The van der Waals surface area contributed by atoms with E-state index in [1.165, 1.54) is 0 Å². The molecule has 0 unspecified atom stereocenters. The third-order valence-electron chi connectivity index (χ3n) is 2.99. The molecule has 0 fully saturated rings. The van der Waals surface area contributed by atoms with E-state index in [0.717, 1.165) is 32.8 Å². The minimum absolute atomic E-state index is 0.675. The average molecular weight is 306 g/mol. The summed E-state index contributed by atoms with van der Waals surface area (Å²) in [6.45, 7) is 1.93. The Morgan fingerprint density at radius 1 is 1.35 bits per heavy atom. The van der Waals surface area contributed by atoms with Crippen LogP contribution >= 0.6 is 23.1 Å². The number of thioether (sulfide) groups is 1. The second-order valence-corrected chi connectivity index (χ2v) is 6.09. The summed E-state index contributed by atoms with van der Waals surface area (Å²) in [5, 5.41) is 15.3. The van der Waals surface area contributed by atoms with E-state index >= 15 is 0 Å². The number of thiophene rings is 1. The molecule has 0 saturated carbocycles. The number of anilines is 1. The molecule has 3 rings (SSSR count). The smallest absolute Gasteiger partial charge is 0.191 e. The second kappa shape index (κ2) is 5.37. The van der Waals surface area contributed by atoms with E-state index in [-0.39, 0.29) is 0 Å². The van der Waals surface area contributed by atoms with Crippen molar-refractivity contribution in [2.45, 2.75) is 17.8 Å². The maximum atomic E-state index is 4.58. The number of aryl methyl sites for hydroxylation is 1. The summed E-state index contributed by atoms with van der Waals surface area (Å²) in [6, 6.07) is 2.04. The van der Waals surface area contributed by atoms with Crippen molar-refractivity contribution in [3.8, 4) is 0 Å². The number of nitrogens with zero attached hydrogens (tertiary/aromatic N) is 5. The van der Waals surface area contributed by atoms with Crippen molar-refractivity contribution in [2.24, 2.45) is 7.05 Å². The predicted molar refractivity (Wildman–Crippen MR) is 82.3 cm³/mol. The zero-order chi connectivity index (χ0) is 14.1. The molecule has 8 heteroatoms. The van der Waals surface area contributed by atoms with Crippen LogP contribution in [0.3, 0.4) is 0 Å². The molecule has 1 N–H and O–H groups in total. The standard InChI is InChI=1S/C12H14N6S2/c1-7-16-17-12(18(7)3)20-6-9-14-10(13-2)8-4-5-19-11(8)15-9/h4-5H,6H2,1-3H3,(H,13,14,15). The van der Waals surface area contributed by atoms with Gasteiger partial charge in [0.25, 0.3) is 0 Å². The van der Waals surface area contributed by atoms with Gasteiger partial charge in [-0.25, -0.2) is 9.97 Å². The van der Waals surface area contributed by atoms with E-state index in [9.17, 15) is 0 Å². The SMILES string of the molecule is CNc1nc(CSc2nnc(C)n2C)nc2sccc12. The normalized spacial score (nSPS) is 11.2. The van der Waals surface area contributed by atoms with Gasteiger partial charge >= 0.3 is 0 Å². The molecule has 104 valence electrons. The van der Waals surface area contributed by atoms with Gasteiger partial charge in [0, 0.05) is 14.1 Å². The lowest BCUT2D eigenvalue weighted by atomic mass is 10.4. The first-order chi connectivity index (χ1) is 9.69. The molecule has 0 amide bonds. The Morgan fingerprint density at radius 2 is 2.20 bits per heavy atom. The van der Waals surface area contributed by atoms with Gasteiger partial charge in [0.1, 0.15) is 22.3 Å². The molecule has 20 heavy (non-hydrogen) atoms. The summed E-state index contributed by atoms with van der Waals surface area (Å²) >= 11 is 3.22. The van der Waals surface area contributed by atoms with E-state index < -0.39 is 0 Å². The molecule has 0 atom stereocenters. The highest BCUT2D eigenvalue weighted by Crippen LogP contribution is 2.27. The Balaban J connectivity index is 1.85. The molecule has 0 aliphatic heterocycles. The lowest BCUT2D eigenvalue weighted by molar-refractivity contribution is 0.765. The van der Waals surface area contributed by atoms with E-state index in [0.29, 0.717) is 5.75 Å². The van der Waals surface area contributed by atoms with Gasteiger partial charge in [-0.2, -0.15) is 0 Å². The molecule has 3 aromatic rings. The number of aromatic nitrogens is 5. The summed E-state index contributed by atoms with van der Waals surface area (Å²) in [4.78, 5) is 10.1. The average Bonchev–Trinajstić information content (AvgIpc) is 3.04. The first kappa shape index (κ1) is 13.3. The van der Waals surface area contributed by atoms with E-state index in [2.05, 4.69) is 25.5 Å². The van der Waals surface area contributed by atoms with Crippen LogP contribution in [0.1, 0.15) is 11.6 Å². The largest absolute Gasteiger partial charge is 0.372 e. The number of nitrogens with one attached hydrogen (secondary N) is 1. The number of fused-ring (bicyclic) bond motifs is 1. The van der Waals surface area contributed by atoms with Crippen LogP contribution in [0, 0.1) is 6.92 Å². The number of hydrogen-bond donors (Lipinski definition) is 1. The quantitative estimate of drug-likeness (QED) is 0.747. The van der Waals surface area contributed by atoms with Crippen LogP contribution < -0.4 is 5.32 Å². The van der Waals surface area contributed by atoms with Gasteiger partial charge in [0.15, 0.2) is 5.16 Å². The van der Waals surface area contributed by atoms with E-state index in [4.69, 9.17) is 0 Å². The van der Waals surface area contributed by atoms with Crippen molar-refractivity contribution in [3.05, 3.63) is 23.1 Å². The summed E-state index contributed by atoms with van der Waals surface area (Å²) < 4.78 is 1.97. The molecule has 0 radical (unpaired) electrons. The molecule has 3 aromatic heterocycles. The van der Waals surface area contributed by atoms with Crippen molar-refractivity contribution in [3.63, 3.8) is 0 Å². The Kier molecular flexibility index (Phi) is 3.58. The zero-order valence-corrected chi connectivity index (χ0v) is 13.0. The van der Waals surface area contributed by atoms with Gasteiger partial charge in [-0.05, 0) is 18.4 Å². The summed E-state index contributed by atoms with van der Waals surface area (Å²) in [7, 11) is 3.84. The minimum Gasteiger partial charge on any atom is -0.372 e. The zero-order valence-electron chi connectivity index (χ0n) is 11.4. The third kappa shape index (κ3) is 2.36. The van der Waals surface area contributed by atoms with Crippen LogP contribution in [0.4, 0.5) is 5.82 Å². The van der Waals surface area contributed by atoms with Crippen molar-refractivity contribution in [1.29, 1.82) is 0 Å². The van der Waals surface area contributed by atoms with Crippen molar-refractivity contribution in [1.82, 2.24) is 24.7 Å². The highest BCUT2D eigenvalue weighted by Gasteiger charge is 2.10. The minimum atomic E-state index is 0.675. The predicted octanol–water partition coefficient (Wildman–Crippen LogP) is 2.46. The number of hydrogen-bond acceptors (Lipinski definition) is 7. The fourth-order valence-corrected chi connectivity index (χ4v) is 3.39. The van der Waals surface area contributed by atoms with Crippen molar-refractivity contribution in [2.75, 3.05) is 12.4 Å². The molecular weight excluding hydrogens is 292 g/mol. The Labute approximate surface area is 124 Å². The van der Waals surface area contributed by atoms with Crippen LogP contribution in [-0.2, 0) is 12.8 Å². The first-order valence-electron chi connectivity index (χ1n) is 6.09. The lowest BCUT2D eigenvalue weighted by Gasteiger charge is -2.05. The maximum absolute atomic E-state index is 4.58. The van der Waals surface area contributed by atoms with Gasteiger partial charge in [0.2, 0.25) is 0 Å². The van der Waals surface area contributed by atoms with Crippen LogP contribution in [-0.4, -0.2) is 31.8 Å². The Hall–Kier alpha value is -1.67. The van der Waals surface area contributed by atoms with Crippen LogP contribution in [0.15, 0.2) is 16.6 Å². The van der Waals surface area contributed by atoms with Gasteiger partial charge in [0.05, 0.1) is 11.1 Å². The Morgan fingerprint density at radius 3 is 2.90 bits per heavy atom. The molecule has 6 nitrogen and oxygen atoms in total.